The fraction of sp³-hybridized carbons (Fsp3) is 0.316. The quantitative estimate of drug-likeness (QED) is 0.862. The highest BCUT2D eigenvalue weighted by molar-refractivity contribution is 5.83. The lowest BCUT2D eigenvalue weighted by Gasteiger charge is -2.17. The number of methoxy groups -OCH3 is 1. The highest BCUT2D eigenvalue weighted by Crippen LogP contribution is 2.20. The first-order chi connectivity index (χ1) is 11.0. The fourth-order valence-electron chi connectivity index (χ4n) is 2.46. The van der Waals surface area contributed by atoms with Crippen molar-refractivity contribution in [2.24, 2.45) is 0 Å². The Balaban J connectivity index is 1.94. The Kier molecular flexibility index (Phi) is 5.77. The normalized spacial score (nSPS) is 13.2. The lowest BCUT2D eigenvalue weighted by molar-refractivity contribution is -0.122. The van der Waals surface area contributed by atoms with Crippen LogP contribution in [-0.2, 0) is 4.79 Å². The molecule has 23 heavy (non-hydrogen) atoms. The molecule has 0 saturated heterocycles. The van der Waals surface area contributed by atoms with Crippen molar-refractivity contribution in [1.82, 2.24) is 5.32 Å². The van der Waals surface area contributed by atoms with Gasteiger partial charge < -0.3 is 15.2 Å². The zero-order chi connectivity index (χ0) is 16.8. The molecule has 0 bridgehead atoms. The van der Waals surface area contributed by atoms with Crippen molar-refractivity contribution in [2.75, 3.05) is 13.7 Å². The number of nitrogens with one attached hydrogen (secondary N) is 1. The number of aliphatic hydroxyl groups is 1. The van der Waals surface area contributed by atoms with Gasteiger partial charge in [-0.1, -0.05) is 36.4 Å². The largest absolute Gasteiger partial charge is 0.497 e. The number of carbonyl (C=O) groups is 1. The summed E-state index contributed by atoms with van der Waals surface area (Å²) < 4.78 is 5.11. The van der Waals surface area contributed by atoms with Crippen molar-refractivity contribution >= 4 is 5.91 Å². The molecule has 0 saturated carbocycles. The first-order valence-electron chi connectivity index (χ1n) is 7.68. The van der Waals surface area contributed by atoms with E-state index < -0.39 is 6.10 Å². The minimum atomic E-state index is -0.705. The molecule has 1 amide bonds. The van der Waals surface area contributed by atoms with Crippen molar-refractivity contribution in [3.8, 4) is 5.75 Å². The standard InChI is InChI=1S/C19H23NO3/c1-13-6-4-5-7-17(13)18(21)12-20-19(22)14(2)15-8-10-16(23-3)11-9-15/h4-11,14,18,21H,12H2,1-3H3,(H,20,22). The molecule has 2 N–H and O–H groups in total. The Hall–Kier alpha value is -2.33. The highest BCUT2D eigenvalue weighted by Gasteiger charge is 2.17. The molecule has 2 unspecified atom stereocenters. The molecule has 2 aromatic carbocycles. The van der Waals surface area contributed by atoms with Crippen LogP contribution < -0.4 is 10.1 Å². The Bertz CT molecular complexity index is 652. The molecular weight excluding hydrogens is 290 g/mol. The van der Waals surface area contributed by atoms with Crippen LogP contribution in [0, 0.1) is 6.92 Å². The number of rotatable bonds is 6. The van der Waals surface area contributed by atoms with Crippen LogP contribution in [0.25, 0.3) is 0 Å². The minimum Gasteiger partial charge on any atom is -0.497 e. The van der Waals surface area contributed by atoms with Crippen molar-refractivity contribution in [2.45, 2.75) is 25.9 Å². The second-order valence-electron chi connectivity index (χ2n) is 5.61. The topological polar surface area (TPSA) is 58.6 Å². The second kappa shape index (κ2) is 7.79. The van der Waals surface area contributed by atoms with Gasteiger partial charge in [0.05, 0.1) is 19.1 Å². The Morgan fingerprint density at radius 1 is 1.17 bits per heavy atom. The SMILES string of the molecule is COc1ccc(C(C)C(=O)NCC(O)c2ccccc2C)cc1. The van der Waals surface area contributed by atoms with E-state index in [1.54, 1.807) is 7.11 Å². The van der Waals surface area contributed by atoms with Crippen LogP contribution in [0.4, 0.5) is 0 Å². The van der Waals surface area contributed by atoms with E-state index >= 15 is 0 Å². The fourth-order valence-corrected chi connectivity index (χ4v) is 2.46. The van der Waals surface area contributed by atoms with Gasteiger partial charge in [0.25, 0.3) is 0 Å². The number of aryl methyl sites for hydroxylation is 1. The molecule has 0 radical (unpaired) electrons. The van der Waals surface area contributed by atoms with Gasteiger partial charge in [-0.2, -0.15) is 0 Å². The van der Waals surface area contributed by atoms with E-state index in [4.69, 9.17) is 4.74 Å². The van der Waals surface area contributed by atoms with Crippen LogP contribution in [0.5, 0.6) is 5.75 Å². The molecule has 0 aromatic heterocycles. The molecule has 2 aromatic rings. The third kappa shape index (κ3) is 4.33. The second-order valence-corrected chi connectivity index (χ2v) is 5.61. The number of benzene rings is 2. The summed E-state index contributed by atoms with van der Waals surface area (Å²) >= 11 is 0. The van der Waals surface area contributed by atoms with Gasteiger partial charge in [0.2, 0.25) is 5.91 Å². The van der Waals surface area contributed by atoms with E-state index in [0.717, 1.165) is 22.4 Å². The van der Waals surface area contributed by atoms with E-state index in [2.05, 4.69) is 5.32 Å². The first kappa shape index (κ1) is 17.0. The number of hydrogen-bond donors (Lipinski definition) is 2. The summed E-state index contributed by atoms with van der Waals surface area (Å²) in [6.45, 7) is 3.99. The van der Waals surface area contributed by atoms with Gasteiger partial charge in [-0.05, 0) is 42.7 Å². The summed E-state index contributed by atoms with van der Waals surface area (Å²) in [6, 6.07) is 15.0. The summed E-state index contributed by atoms with van der Waals surface area (Å²) in [6.07, 6.45) is -0.705. The summed E-state index contributed by atoms with van der Waals surface area (Å²) in [5.74, 6) is 0.365. The van der Waals surface area contributed by atoms with Crippen LogP contribution in [0.2, 0.25) is 0 Å². The Morgan fingerprint density at radius 3 is 2.43 bits per heavy atom. The van der Waals surface area contributed by atoms with Crippen LogP contribution in [-0.4, -0.2) is 24.7 Å². The van der Waals surface area contributed by atoms with Crippen molar-refractivity contribution in [1.29, 1.82) is 0 Å². The maximum atomic E-state index is 12.3. The van der Waals surface area contributed by atoms with Crippen molar-refractivity contribution in [3.63, 3.8) is 0 Å². The van der Waals surface area contributed by atoms with E-state index in [-0.39, 0.29) is 18.4 Å². The van der Waals surface area contributed by atoms with Gasteiger partial charge in [0.15, 0.2) is 0 Å². The maximum Gasteiger partial charge on any atom is 0.227 e. The summed E-state index contributed by atoms with van der Waals surface area (Å²) in [4.78, 5) is 12.3. The number of hydrogen-bond acceptors (Lipinski definition) is 3. The Labute approximate surface area is 137 Å². The summed E-state index contributed by atoms with van der Waals surface area (Å²) in [5.41, 5.74) is 2.76. The van der Waals surface area contributed by atoms with Gasteiger partial charge in [-0.15, -0.1) is 0 Å². The predicted molar refractivity (Wildman–Crippen MR) is 90.6 cm³/mol. The van der Waals surface area contributed by atoms with E-state index in [9.17, 15) is 9.90 Å². The lowest BCUT2D eigenvalue weighted by atomic mass is 9.99. The van der Waals surface area contributed by atoms with Crippen LogP contribution in [0.3, 0.4) is 0 Å². The molecular formula is C19H23NO3. The monoisotopic (exact) mass is 313 g/mol. The molecule has 0 aliphatic heterocycles. The lowest BCUT2D eigenvalue weighted by Crippen LogP contribution is -2.32. The summed E-state index contributed by atoms with van der Waals surface area (Å²) in [7, 11) is 1.61. The molecule has 2 rings (SSSR count). The van der Waals surface area contributed by atoms with Crippen molar-refractivity contribution in [3.05, 3.63) is 65.2 Å². The van der Waals surface area contributed by atoms with Crippen LogP contribution in [0.1, 0.15) is 35.6 Å². The molecule has 122 valence electrons. The molecule has 0 aliphatic carbocycles. The average molecular weight is 313 g/mol. The first-order valence-corrected chi connectivity index (χ1v) is 7.68. The van der Waals surface area contributed by atoms with Gasteiger partial charge in [0.1, 0.15) is 5.75 Å². The zero-order valence-corrected chi connectivity index (χ0v) is 13.7. The molecule has 4 nitrogen and oxygen atoms in total. The van der Waals surface area contributed by atoms with E-state index in [1.807, 2.05) is 62.4 Å². The number of ether oxygens (including phenoxy) is 1. The van der Waals surface area contributed by atoms with E-state index in [1.165, 1.54) is 0 Å². The smallest absolute Gasteiger partial charge is 0.227 e. The van der Waals surface area contributed by atoms with Crippen LogP contribution >= 0.6 is 0 Å². The minimum absolute atomic E-state index is 0.109. The van der Waals surface area contributed by atoms with E-state index in [0.29, 0.717) is 0 Å². The number of carbonyl (C=O) groups excluding carboxylic acids is 1. The van der Waals surface area contributed by atoms with Gasteiger partial charge in [0, 0.05) is 6.54 Å². The number of amides is 1. The van der Waals surface area contributed by atoms with Gasteiger partial charge in [-0.3, -0.25) is 4.79 Å². The van der Waals surface area contributed by atoms with Crippen LogP contribution in [0.15, 0.2) is 48.5 Å². The number of aliphatic hydroxyl groups excluding tert-OH is 1. The third-order valence-electron chi connectivity index (χ3n) is 4.03. The Morgan fingerprint density at radius 2 is 1.83 bits per heavy atom. The molecule has 4 heteroatoms. The third-order valence-corrected chi connectivity index (χ3v) is 4.03. The molecule has 2 atom stereocenters. The molecule has 0 heterocycles. The maximum absolute atomic E-state index is 12.3. The average Bonchev–Trinajstić information content (AvgIpc) is 2.59. The molecule has 0 aliphatic rings. The summed E-state index contributed by atoms with van der Waals surface area (Å²) in [5, 5.41) is 13.1. The zero-order valence-electron chi connectivity index (χ0n) is 13.7. The van der Waals surface area contributed by atoms with Crippen molar-refractivity contribution < 1.29 is 14.6 Å². The highest BCUT2D eigenvalue weighted by atomic mass is 16.5. The molecule has 0 spiro atoms. The predicted octanol–water partition coefficient (Wildman–Crippen LogP) is 2.96. The van der Waals surface area contributed by atoms with Gasteiger partial charge in [-0.25, -0.2) is 0 Å². The van der Waals surface area contributed by atoms with Gasteiger partial charge >= 0.3 is 0 Å². The molecule has 0 fully saturated rings.